The highest BCUT2D eigenvalue weighted by molar-refractivity contribution is 6.31. The second kappa shape index (κ2) is 13.2. The van der Waals surface area contributed by atoms with Crippen molar-refractivity contribution in [3.8, 4) is 11.3 Å². The van der Waals surface area contributed by atoms with Crippen molar-refractivity contribution in [2.75, 3.05) is 26.2 Å². The lowest BCUT2D eigenvalue weighted by molar-refractivity contribution is 0.0878. The number of nitrogens with one attached hydrogen (secondary N) is 1. The van der Waals surface area contributed by atoms with Gasteiger partial charge in [0.1, 0.15) is 0 Å². The van der Waals surface area contributed by atoms with E-state index in [2.05, 4.69) is 46.3 Å². The van der Waals surface area contributed by atoms with Gasteiger partial charge in [0.2, 0.25) is 0 Å². The van der Waals surface area contributed by atoms with E-state index in [1.807, 2.05) is 24.3 Å². The van der Waals surface area contributed by atoms with Gasteiger partial charge in [-0.15, -0.1) is 0 Å². The first-order valence-corrected chi connectivity index (χ1v) is 16.4. The third-order valence-corrected chi connectivity index (χ3v) is 10.1. The number of carbonyl (C=O) groups excluding carboxylic acids is 1. The van der Waals surface area contributed by atoms with E-state index in [0.717, 1.165) is 52.9 Å². The second-order valence-corrected chi connectivity index (χ2v) is 13.0. The van der Waals surface area contributed by atoms with Crippen molar-refractivity contribution in [3.63, 3.8) is 0 Å². The summed E-state index contributed by atoms with van der Waals surface area (Å²) in [5.41, 5.74) is 4.53. The van der Waals surface area contributed by atoms with E-state index in [0.29, 0.717) is 17.0 Å². The number of piperidine rings is 2. The maximum atomic E-state index is 14.3. The monoisotopic (exact) mass is 572 g/mol. The topological polar surface area (TPSA) is 48.5 Å². The van der Waals surface area contributed by atoms with Crippen LogP contribution in [0.1, 0.15) is 87.1 Å². The number of nitrogens with zero attached hydrogens (tertiary/aromatic N) is 3. The van der Waals surface area contributed by atoms with Crippen molar-refractivity contribution < 1.29 is 4.79 Å². The van der Waals surface area contributed by atoms with E-state index in [-0.39, 0.29) is 11.9 Å². The van der Waals surface area contributed by atoms with E-state index in [4.69, 9.17) is 16.6 Å². The van der Waals surface area contributed by atoms with Crippen LogP contribution in [0.3, 0.4) is 0 Å². The zero-order chi connectivity index (χ0) is 28.2. The Morgan fingerprint density at radius 1 is 0.927 bits per heavy atom. The van der Waals surface area contributed by atoms with Gasteiger partial charge in [-0.1, -0.05) is 73.7 Å². The number of aromatic nitrogens is 1. The van der Waals surface area contributed by atoms with Crippen LogP contribution in [0, 0.1) is 5.92 Å². The third-order valence-electron chi connectivity index (χ3n) is 9.88. The fourth-order valence-electron chi connectivity index (χ4n) is 7.51. The van der Waals surface area contributed by atoms with Gasteiger partial charge < -0.3 is 10.2 Å². The predicted molar refractivity (Wildman–Crippen MR) is 169 cm³/mol. The number of likely N-dealkylation sites (tertiary alicyclic amines) is 2. The third kappa shape index (κ3) is 6.63. The van der Waals surface area contributed by atoms with Crippen molar-refractivity contribution in [2.24, 2.45) is 5.92 Å². The van der Waals surface area contributed by atoms with Gasteiger partial charge in [0, 0.05) is 40.2 Å². The molecule has 2 aliphatic heterocycles. The summed E-state index contributed by atoms with van der Waals surface area (Å²) in [6.45, 7) is 7.52. The minimum absolute atomic E-state index is 0.0215. The highest BCUT2D eigenvalue weighted by Crippen LogP contribution is 2.34. The summed E-state index contributed by atoms with van der Waals surface area (Å²) in [5.74, 6) is 0.564. The van der Waals surface area contributed by atoms with Crippen LogP contribution in [0.25, 0.3) is 22.2 Å². The summed E-state index contributed by atoms with van der Waals surface area (Å²) in [6, 6.07) is 17.0. The number of amides is 1. The predicted octanol–water partition coefficient (Wildman–Crippen LogP) is 7.70. The lowest BCUT2D eigenvalue weighted by Crippen LogP contribution is -2.46. The molecule has 2 aromatic carbocycles. The average molecular weight is 573 g/mol. The minimum Gasteiger partial charge on any atom is -0.349 e. The summed E-state index contributed by atoms with van der Waals surface area (Å²) >= 11 is 6.46. The fraction of sp³-hybridized carbons (Fsp3) is 0.543. The van der Waals surface area contributed by atoms with E-state index in [1.54, 1.807) is 0 Å². The van der Waals surface area contributed by atoms with Gasteiger partial charge in [0.05, 0.1) is 16.8 Å². The molecule has 3 heterocycles. The van der Waals surface area contributed by atoms with Crippen LogP contribution in [0.15, 0.2) is 48.5 Å². The molecule has 218 valence electrons. The van der Waals surface area contributed by atoms with Crippen molar-refractivity contribution in [1.82, 2.24) is 20.1 Å². The van der Waals surface area contributed by atoms with Gasteiger partial charge in [-0.05, 0) is 89.7 Å². The Hall–Kier alpha value is -2.47. The Morgan fingerprint density at radius 2 is 1.63 bits per heavy atom. The molecular formula is C35H45ClN4O. The Bertz CT molecular complexity index is 1330. The number of pyridine rings is 1. The lowest BCUT2D eigenvalue weighted by Gasteiger charge is -2.40. The Balaban J connectivity index is 1.35. The van der Waals surface area contributed by atoms with Gasteiger partial charge in [-0.25, -0.2) is 4.98 Å². The molecule has 1 amide bonds. The molecule has 6 rings (SSSR count). The highest BCUT2D eigenvalue weighted by atomic mass is 35.5. The molecule has 3 aromatic rings. The summed E-state index contributed by atoms with van der Waals surface area (Å²) in [6.07, 6.45) is 12.7. The molecule has 3 fully saturated rings. The summed E-state index contributed by atoms with van der Waals surface area (Å²) in [5, 5.41) is 4.98. The van der Waals surface area contributed by atoms with Crippen LogP contribution in [0.4, 0.5) is 0 Å². The maximum Gasteiger partial charge on any atom is 0.252 e. The van der Waals surface area contributed by atoms with Crippen molar-refractivity contribution >= 4 is 28.4 Å². The molecule has 0 bridgehead atoms. The quantitative estimate of drug-likeness (QED) is 0.315. The molecule has 1 atom stereocenters. The number of hydrogen-bond donors (Lipinski definition) is 1. The molecule has 1 aromatic heterocycles. The molecule has 1 saturated carbocycles. The van der Waals surface area contributed by atoms with Gasteiger partial charge in [-0.3, -0.25) is 9.69 Å². The van der Waals surface area contributed by atoms with Crippen LogP contribution in [0.5, 0.6) is 0 Å². The minimum atomic E-state index is 0.0215. The SMILES string of the molecule is C[C@@H](NC(=O)c1c(CN2CCC(N3CCCCC3)CC2)c(-c2ccccc2)nc2cc(Cl)ccc12)C1CCCCC1. The zero-order valence-electron chi connectivity index (χ0n) is 24.6. The van der Waals surface area contributed by atoms with Gasteiger partial charge in [0.25, 0.3) is 5.91 Å². The van der Waals surface area contributed by atoms with Crippen molar-refractivity contribution in [1.29, 1.82) is 0 Å². The van der Waals surface area contributed by atoms with Crippen LogP contribution in [-0.4, -0.2) is 59.0 Å². The standard InChI is InChI=1S/C35H45ClN4O/c1-25(26-11-5-2-6-12-26)37-35(41)33-30-16-15-28(36)23-32(30)38-34(27-13-7-3-8-14-27)31(33)24-39-21-17-29(18-22-39)40-19-9-4-10-20-40/h3,7-8,13-16,23,25-26,29H,2,4-6,9-12,17-22,24H2,1H3,(H,37,41)/t25-/m1/s1. The number of hydrogen-bond acceptors (Lipinski definition) is 4. The molecule has 1 aliphatic carbocycles. The summed E-state index contributed by atoms with van der Waals surface area (Å²) in [4.78, 5) is 24.8. The zero-order valence-corrected chi connectivity index (χ0v) is 25.3. The van der Waals surface area contributed by atoms with E-state index >= 15 is 0 Å². The largest absolute Gasteiger partial charge is 0.349 e. The average Bonchev–Trinajstić information content (AvgIpc) is 3.02. The summed E-state index contributed by atoms with van der Waals surface area (Å²) < 4.78 is 0. The Kier molecular flexibility index (Phi) is 9.24. The molecule has 3 aliphatic rings. The first-order valence-electron chi connectivity index (χ1n) is 16.0. The molecule has 0 spiro atoms. The van der Waals surface area contributed by atoms with Gasteiger partial charge >= 0.3 is 0 Å². The molecule has 0 unspecified atom stereocenters. The van der Waals surface area contributed by atoms with Crippen molar-refractivity contribution in [2.45, 2.75) is 89.8 Å². The van der Waals surface area contributed by atoms with E-state index in [9.17, 15) is 4.79 Å². The van der Waals surface area contributed by atoms with Crippen LogP contribution >= 0.6 is 11.6 Å². The van der Waals surface area contributed by atoms with Gasteiger partial charge in [-0.2, -0.15) is 0 Å². The smallest absolute Gasteiger partial charge is 0.252 e. The molecule has 41 heavy (non-hydrogen) atoms. The highest BCUT2D eigenvalue weighted by Gasteiger charge is 2.30. The Morgan fingerprint density at radius 3 is 2.37 bits per heavy atom. The molecule has 5 nitrogen and oxygen atoms in total. The lowest BCUT2D eigenvalue weighted by atomic mass is 9.84. The molecule has 1 N–H and O–H groups in total. The normalized spacial score (nSPS) is 20.7. The number of fused-ring (bicyclic) bond motifs is 1. The van der Waals surface area contributed by atoms with Crippen molar-refractivity contribution in [3.05, 3.63) is 64.7 Å². The van der Waals surface area contributed by atoms with Crippen LogP contribution < -0.4 is 5.32 Å². The molecule has 6 heteroatoms. The maximum absolute atomic E-state index is 14.3. The second-order valence-electron chi connectivity index (χ2n) is 12.6. The number of carbonyl (C=O) groups is 1. The van der Waals surface area contributed by atoms with E-state index in [1.165, 1.54) is 77.3 Å². The van der Waals surface area contributed by atoms with Crippen LogP contribution in [0.2, 0.25) is 5.02 Å². The van der Waals surface area contributed by atoms with E-state index < -0.39 is 0 Å². The summed E-state index contributed by atoms with van der Waals surface area (Å²) in [7, 11) is 0. The Labute approximate surface area is 250 Å². The number of rotatable bonds is 7. The fourth-order valence-corrected chi connectivity index (χ4v) is 7.67. The first-order chi connectivity index (χ1) is 20.1. The number of halogens is 1. The first kappa shape index (κ1) is 28.6. The molecule has 0 radical (unpaired) electrons. The molecule has 2 saturated heterocycles. The van der Waals surface area contributed by atoms with Gasteiger partial charge in [0.15, 0.2) is 0 Å². The molecular weight excluding hydrogens is 528 g/mol. The van der Waals surface area contributed by atoms with Crippen LogP contribution in [-0.2, 0) is 6.54 Å². The number of benzene rings is 2.